The van der Waals surface area contributed by atoms with E-state index in [1.807, 2.05) is 24.3 Å². The van der Waals surface area contributed by atoms with Crippen LogP contribution in [0.25, 0.3) is 6.08 Å². The number of benzene rings is 1. The summed E-state index contributed by atoms with van der Waals surface area (Å²) in [6, 6.07) is 8.31. The lowest BCUT2D eigenvalue weighted by Crippen LogP contribution is -1.96. The lowest BCUT2D eigenvalue weighted by atomic mass is 10.0. The van der Waals surface area contributed by atoms with E-state index in [9.17, 15) is 4.79 Å². The molecule has 1 aromatic rings. The van der Waals surface area contributed by atoms with Gasteiger partial charge in [0.15, 0.2) is 0 Å². The molecule has 0 fully saturated rings. The Balaban J connectivity index is 2.66. The maximum atomic E-state index is 10.9. The maximum Gasteiger partial charge on any atom is 0.309 e. The molecule has 2 nitrogen and oxygen atoms in total. The van der Waals surface area contributed by atoms with Crippen LogP contribution in [0.2, 0.25) is 0 Å². The van der Waals surface area contributed by atoms with E-state index in [0.717, 1.165) is 5.56 Å². The van der Waals surface area contributed by atoms with Crippen LogP contribution in [0.1, 0.15) is 37.3 Å². The first-order valence-electron chi connectivity index (χ1n) is 5.47. The van der Waals surface area contributed by atoms with Gasteiger partial charge in [0.1, 0.15) is 0 Å². The van der Waals surface area contributed by atoms with Gasteiger partial charge in [-0.05, 0) is 17.0 Å². The molecule has 2 heteroatoms. The quantitative estimate of drug-likeness (QED) is 0.724. The Hall–Kier alpha value is -1.57. The van der Waals surface area contributed by atoms with Crippen molar-refractivity contribution in [1.29, 1.82) is 0 Å². The smallest absolute Gasteiger partial charge is 0.309 e. The Bertz CT molecular complexity index is 378. The minimum Gasteiger partial charge on any atom is -0.469 e. The summed E-state index contributed by atoms with van der Waals surface area (Å²) in [4.78, 5) is 10.9. The van der Waals surface area contributed by atoms with Gasteiger partial charge in [-0.15, -0.1) is 0 Å². The third-order valence-corrected chi connectivity index (χ3v) is 2.40. The third kappa shape index (κ3) is 3.89. The molecule has 0 radical (unpaired) electrons. The summed E-state index contributed by atoms with van der Waals surface area (Å²) < 4.78 is 4.56. The van der Waals surface area contributed by atoms with Crippen molar-refractivity contribution in [3.05, 3.63) is 41.5 Å². The highest BCUT2D eigenvalue weighted by atomic mass is 16.5. The Morgan fingerprint density at radius 3 is 2.81 bits per heavy atom. The van der Waals surface area contributed by atoms with E-state index in [-0.39, 0.29) is 5.97 Å². The van der Waals surface area contributed by atoms with Crippen LogP contribution >= 0.6 is 0 Å². The monoisotopic (exact) mass is 218 g/mol. The molecule has 0 atom stereocenters. The molecule has 0 unspecified atom stereocenters. The van der Waals surface area contributed by atoms with Crippen molar-refractivity contribution in [2.75, 3.05) is 7.11 Å². The fraction of sp³-hybridized carbons (Fsp3) is 0.357. The van der Waals surface area contributed by atoms with Gasteiger partial charge in [-0.2, -0.15) is 0 Å². The lowest BCUT2D eigenvalue weighted by Gasteiger charge is -2.05. The van der Waals surface area contributed by atoms with E-state index in [4.69, 9.17) is 0 Å². The van der Waals surface area contributed by atoms with Crippen LogP contribution in [0, 0.1) is 0 Å². The Kier molecular flexibility index (Phi) is 4.77. The molecule has 0 aliphatic carbocycles. The molecule has 0 bridgehead atoms. The molecule has 0 N–H and O–H groups in total. The zero-order valence-corrected chi connectivity index (χ0v) is 10.1. The lowest BCUT2D eigenvalue weighted by molar-refractivity contribution is -0.139. The van der Waals surface area contributed by atoms with Gasteiger partial charge in [0.2, 0.25) is 0 Å². The molecule has 0 aromatic heterocycles. The van der Waals surface area contributed by atoms with Crippen LogP contribution in [0.4, 0.5) is 0 Å². The van der Waals surface area contributed by atoms with Crippen LogP contribution < -0.4 is 0 Å². The summed E-state index contributed by atoms with van der Waals surface area (Å²) in [7, 11) is 1.40. The minimum absolute atomic E-state index is 0.212. The van der Waals surface area contributed by atoms with Gasteiger partial charge in [0, 0.05) is 0 Å². The highest BCUT2D eigenvalue weighted by Gasteiger charge is 1.98. The highest BCUT2D eigenvalue weighted by molar-refractivity contribution is 5.72. The van der Waals surface area contributed by atoms with Gasteiger partial charge in [0.05, 0.1) is 13.5 Å². The largest absolute Gasteiger partial charge is 0.469 e. The molecule has 0 saturated heterocycles. The number of hydrogen-bond acceptors (Lipinski definition) is 2. The summed E-state index contributed by atoms with van der Waals surface area (Å²) in [6.45, 7) is 4.33. The number of hydrogen-bond donors (Lipinski definition) is 0. The van der Waals surface area contributed by atoms with Gasteiger partial charge >= 0.3 is 5.97 Å². The summed E-state index contributed by atoms with van der Waals surface area (Å²) >= 11 is 0. The minimum atomic E-state index is -0.212. The third-order valence-electron chi connectivity index (χ3n) is 2.40. The van der Waals surface area contributed by atoms with Crippen LogP contribution in [-0.4, -0.2) is 13.1 Å². The van der Waals surface area contributed by atoms with E-state index in [0.29, 0.717) is 12.3 Å². The van der Waals surface area contributed by atoms with Crippen molar-refractivity contribution < 1.29 is 9.53 Å². The predicted molar refractivity (Wildman–Crippen MR) is 66.2 cm³/mol. The van der Waals surface area contributed by atoms with Crippen molar-refractivity contribution in [2.45, 2.75) is 26.2 Å². The van der Waals surface area contributed by atoms with Crippen LogP contribution in [0.3, 0.4) is 0 Å². The van der Waals surface area contributed by atoms with Crippen molar-refractivity contribution in [1.82, 2.24) is 0 Å². The molecule has 86 valence electrons. The molecule has 0 spiro atoms. The van der Waals surface area contributed by atoms with E-state index in [1.54, 1.807) is 0 Å². The second kappa shape index (κ2) is 6.11. The Morgan fingerprint density at radius 1 is 1.44 bits per heavy atom. The van der Waals surface area contributed by atoms with Crippen molar-refractivity contribution in [2.24, 2.45) is 0 Å². The molecule has 0 aliphatic rings. The normalized spacial score (nSPS) is 11.0. The predicted octanol–water partition coefficient (Wildman–Crippen LogP) is 3.39. The molecular weight excluding hydrogens is 200 g/mol. The average Bonchev–Trinajstić information content (AvgIpc) is 2.29. The van der Waals surface area contributed by atoms with E-state index < -0.39 is 0 Å². The summed E-state index contributed by atoms with van der Waals surface area (Å²) in [6.07, 6.45) is 4.09. The van der Waals surface area contributed by atoms with E-state index >= 15 is 0 Å². The summed E-state index contributed by atoms with van der Waals surface area (Å²) in [5, 5.41) is 0. The Labute approximate surface area is 96.9 Å². The molecule has 0 amide bonds. The van der Waals surface area contributed by atoms with Crippen molar-refractivity contribution in [3.63, 3.8) is 0 Å². The van der Waals surface area contributed by atoms with Crippen molar-refractivity contribution in [3.8, 4) is 0 Å². The summed E-state index contributed by atoms with van der Waals surface area (Å²) in [5.41, 5.74) is 2.43. The first kappa shape index (κ1) is 12.5. The SMILES string of the molecule is COC(=O)CC=Cc1cccc(C(C)C)c1. The number of carbonyl (C=O) groups excluding carboxylic acids is 1. The number of carbonyl (C=O) groups is 1. The zero-order valence-electron chi connectivity index (χ0n) is 10.1. The first-order chi connectivity index (χ1) is 7.63. The number of rotatable bonds is 4. The van der Waals surface area contributed by atoms with Gasteiger partial charge in [-0.3, -0.25) is 4.79 Å². The van der Waals surface area contributed by atoms with Crippen LogP contribution in [0.5, 0.6) is 0 Å². The van der Waals surface area contributed by atoms with E-state index in [1.165, 1.54) is 12.7 Å². The van der Waals surface area contributed by atoms with Gasteiger partial charge in [-0.1, -0.05) is 50.3 Å². The fourth-order valence-corrected chi connectivity index (χ4v) is 1.40. The van der Waals surface area contributed by atoms with E-state index in [2.05, 4.69) is 30.7 Å². The van der Waals surface area contributed by atoms with Crippen molar-refractivity contribution >= 4 is 12.0 Å². The molecule has 16 heavy (non-hydrogen) atoms. The molecule has 0 saturated carbocycles. The number of ether oxygens (including phenoxy) is 1. The average molecular weight is 218 g/mol. The molecular formula is C14H18O2. The second-order valence-electron chi connectivity index (χ2n) is 4.01. The molecule has 0 heterocycles. The maximum absolute atomic E-state index is 10.9. The number of esters is 1. The number of methoxy groups -OCH3 is 1. The highest BCUT2D eigenvalue weighted by Crippen LogP contribution is 2.16. The second-order valence-corrected chi connectivity index (χ2v) is 4.01. The molecule has 1 aromatic carbocycles. The van der Waals surface area contributed by atoms with Crippen LogP contribution in [-0.2, 0) is 9.53 Å². The first-order valence-corrected chi connectivity index (χ1v) is 5.47. The zero-order chi connectivity index (χ0) is 12.0. The molecule has 1 rings (SSSR count). The van der Waals surface area contributed by atoms with Crippen LogP contribution in [0.15, 0.2) is 30.3 Å². The van der Waals surface area contributed by atoms with Gasteiger partial charge < -0.3 is 4.74 Å². The van der Waals surface area contributed by atoms with Gasteiger partial charge in [-0.25, -0.2) is 0 Å². The summed E-state index contributed by atoms with van der Waals surface area (Å²) in [5.74, 6) is 0.310. The van der Waals surface area contributed by atoms with Gasteiger partial charge in [0.25, 0.3) is 0 Å². The molecule has 0 aliphatic heterocycles. The Morgan fingerprint density at radius 2 is 2.19 bits per heavy atom. The standard InChI is InChI=1S/C14H18O2/c1-11(2)13-8-4-6-12(10-13)7-5-9-14(15)16-3/h4-8,10-11H,9H2,1-3H3. The fourth-order valence-electron chi connectivity index (χ4n) is 1.40. The topological polar surface area (TPSA) is 26.3 Å².